The molecule has 0 unspecified atom stereocenters. The van der Waals surface area contributed by atoms with Crippen LogP contribution in [0.25, 0.3) is 5.57 Å². The van der Waals surface area contributed by atoms with Crippen molar-refractivity contribution in [2.45, 2.75) is 42.8 Å². The largest absolute Gasteiger partial charge is 0.377 e. The fraction of sp³-hybridized carbons (Fsp3) is 0.381. The van der Waals surface area contributed by atoms with Crippen LogP contribution in [-0.2, 0) is 14.6 Å². The molecule has 1 fully saturated rings. The van der Waals surface area contributed by atoms with E-state index in [1.165, 1.54) is 0 Å². The zero-order valence-electron chi connectivity index (χ0n) is 15.8. The Hall–Kier alpha value is -1.85. The van der Waals surface area contributed by atoms with Crippen molar-refractivity contribution in [3.05, 3.63) is 64.1 Å². The first-order valence-corrected chi connectivity index (χ1v) is 11.1. The van der Waals surface area contributed by atoms with Gasteiger partial charge in [-0.1, -0.05) is 23.7 Å². The van der Waals surface area contributed by atoms with Crippen LogP contribution in [0.15, 0.2) is 47.1 Å². The van der Waals surface area contributed by atoms with Crippen LogP contribution >= 0.6 is 11.6 Å². The number of halogens is 1. The Morgan fingerprint density at radius 1 is 1.19 bits per heavy atom. The second kappa shape index (κ2) is 6.35. The topological polar surface area (TPSA) is 50.3 Å². The lowest BCUT2D eigenvalue weighted by Gasteiger charge is -2.31. The molecule has 2 aliphatic rings. The quantitative estimate of drug-likeness (QED) is 0.644. The number of allylic oxidation sites excluding steroid dienone is 1. The van der Waals surface area contributed by atoms with Gasteiger partial charge in [0.05, 0.1) is 15.3 Å². The number of hydrogen-bond acceptors (Lipinski definition) is 4. The van der Waals surface area contributed by atoms with Gasteiger partial charge in [0.25, 0.3) is 0 Å². The molecule has 0 atom stereocenters. The predicted molar refractivity (Wildman–Crippen MR) is 108 cm³/mol. The van der Waals surface area contributed by atoms with E-state index in [1.54, 1.807) is 32.2 Å². The van der Waals surface area contributed by atoms with Crippen LogP contribution in [0.3, 0.4) is 0 Å². The Morgan fingerprint density at radius 2 is 1.96 bits per heavy atom. The molecular formula is C21H23ClN2O2S. The summed E-state index contributed by atoms with van der Waals surface area (Å²) in [6.07, 6.45) is 4.88. The molecule has 1 aromatic carbocycles. The first-order valence-electron chi connectivity index (χ1n) is 9.20. The maximum atomic E-state index is 13.6. The maximum absolute atomic E-state index is 13.6. The highest BCUT2D eigenvalue weighted by atomic mass is 35.5. The lowest BCUT2D eigenvalue weighted by molar-refractivity contribution is 0.347. The zero-order chi connectivity index (χ0) is 19.4. The van der Waals surface area contributed by atoms with E-state index >= 15 is 0 Å². The van der Waals surface area contributed by atoms with Gasteiger partial charge in [-0.2, -0.15) is 0 Å². The number of hydrogen-bond donors (Lipinski definition) is 0. The van der Waals surface area contributed by atoms with Crippen molar-refractivity contribution in [1.82, 2.24) is 9.88 Å². The molecule has 3 heterocycles. The summed E-state index contributed by atoms with van der Waals surface area (Å²) in [6, 6.07) is 8.88. The van der Waals surface area contributed by atoms with Crippen molar-refractivity contribution in [2.75, 3.05) is 13.6 Å². The third-order valence-corrected chi connectivity index (χ3v) is 8.49. The molecule has 1 saturated heterocycles. The van der Waals surface area contributed by atoms with Crippen molar-refractivity contribution >= 4 is 27.0 Å². The number of sulfone groups is 1. The fourth-order valence-electron chi connectivity index (χ4n) is 4.14. The number of nitrogens with zero attached hydrogens (tertiary/aromatic N) is 2. The van der Waals surface area contributed by atoms with Gasteiger partial charge in [-0.05, 0) is 56.9 Å². The molecular weight excluding hydrogens is 380 g/mol. The van der Waals surface area contributed by atoms with Gasteiger partial charge in [0.1, 0.15) is 0 Å². The van der Waals surface area contributed by atoms with Gasteiger partial charge in [0.15, 0.2) is 9.84 Å². The zero-order valence-corrected chi connectivity index (χ0v) is 17.4. The minimum Gasteiger partial charge on any atom is -0.377 e. The molecule has 0 amide bonds. The van der Waals surface area contributed by atoms with Crippen molar-refractivity contribution in [3.63, 3.8) is 0 Å². The summed E-state index contributed by atoms with van der Waals surface area (Å²) < 4.78 is 26.2. The van der Waals surface area contributed by atoms with Crippen molar-refractivity contribution in [3.8, 4) is 0 Å². The number of benzene rings is 1. The number of fused-ring (bicyclic) bond motifs is 2. The molecule has 0 saturated carbocycles. The van der Waals surface area contributed by atoms with Crippen molar-refractivity contribution in [1.29, 1.82) is 0 Å². The van der Waals surface area contributed by atoms with E-state index in [9.17, 15) is 8.42 Å². The number of pyridine rings is 1. The van der Waals surface area contributed by atoms with Crippen LogP contribution in [0.1, 0.15) is 49.9 Å². The SMILES string of the molecule is CN1CCCC/C1=C1\c2ccc(Cl)cc2S(=O)(=O)C(C)(C)c2cccnc21. The van der Waals surface area contributed by atoms with Gasteiger partial charge < -0.3 is 4.90 Å². The normalized spacial score (nSPS) is 23.3. The van der Waals surface area contributed by atoms with Gasteiger partial charge in [-0.3, -0.25) is 4.98 Å². The van der Waals surface area contributed by atoms with E-state index < -0.39 is 14.6 Å². The number of rotatable bonds is 0. The summed E-state index contributed by atoms with van der Waals surface area (Å²) in [5.74, 6) is 0. The van der Waals surface area contributed by atoms with Gasteiger partial charge in [-0.25, -0.2) is 8.42 Å². The average molecular weight is 403 g/mol. The van der Waals surface area contributed by atoms with Crippen LogP contribution in [0.2, 0.25) is 5.02 Å². The third-order valence-electron chi connectivity index (χ3n) is 5.77. The van der Waals surface area contributed by atoms with Crippen LogP contribution in [-0.4, -0.2) is 31.9 Å². The van der Waals surface area contributed by atoms with Crippen LogP contribution in [0.4, 0.5) is 0 Å². The van der Waals surface area contributed by atoms with Crippen LogP contribution in [0.5, 0.6) is 0 Å². The minimum atomic E-state index is -3.66. The molecule has 0 radical (unpaired) electrons. The summed E-state index contributed by atoms with van der Waals surface area (Å²) in [5, 5.41) is 0.424. The summed E-state index contributed by atoms with van der Waals surface area (Å²) in [6.45, 7) is 4.47. The summed E-state index contributed by atoms with van der Waals surface area (Å²) in [5.41, 5.74) is 4.27. The second-order valence-corrected chi connectivity index (χ2v) is 10.7. The molecule has 0 aliphatic carbocycles. The molecule has 4 rings (SSSR count). The predicted octanol–water partition coefficient (Wildman–Crippen LogP) is 4.63. The molecule has 0 bridgehead atoms. The summed E-state index contributed by atoms with van der Waals surface area (Å²) in [7, 11) is -1.59. The lowest BCUT2D eigenvalue weighted by Crippen LogP contribution is -2.29. The molecule has 6 heteroatoms. The minimum absolute atomic E-state index is 0.291. The van der Waals surface area contributed by atoms with Gasteiger partial charge in [-0.15, -0.1) is 0 Å². The van der Waals surface area contributed by atoms with Gasteiger partial charge >= 0.3 is 0 Å². The highest BCUT2D eigenvalue weighted by molar-refractivity contribution is 7.92. The highest BCUT2D eigenvalue weighted by Crippen LogP contribution is 2.47. The molecule has 1 aromatic heterocycles. The monoisotopic (exact) mass is 402 g/mol. The molecule has 4 nitrogen and oxygen atoms in total. The molecule has 2 aliphatic heterocycles. The number of likely N-dealkylation sites (tertiary alicyclic amines) is 1. The van der Waals surface area contributed by atoms with Crippen molar-refractivity contribution < 1.29 is 8.42 Å². The first kappa shape index (κ1) is 18.5. The average Bonchev–Trinajstić information content (AvgIpc) is 2.69. The number of aromatic nitrogens is 1. The van der Waals surface area contributed by atoms with Crippen molar-refractivity contribution in [2.24, 2.45) is 0 Å². The Bertz CT molecular complexity index is 1060. The summed E-state index contributed by atoms with van der Waals surface area (Å²) >= 11 is 6.22. The second-order valence-electron chi connectivity index (χ2n) is 7.75. The van der Waals surface area contributed by atoms with E-state index in [0.717, 1.165) is 48.3 Å². The Labute approximate surface area is 165 Å². The molecule has 27 heavy (non-hydrogen) atoms. The van der Waals surface area contributed by atoms with Gasteiger partial charge in [0.2, 0.25) is 0 Å². The highest BCUT2D eigenvalue weighted by Gasteiger charge is 2.45. The summed E-state index contributed by atoms with van der Waals surface area (Å²) in [4.78, 5) is 7.20. The van der Waals surface area contributed by atoms with Crippen LogP contribution < -0.4 is 0 Å². The number of piperidine rings is 1. The molecule has 0 N–H and O–H groups in total. The third kappa shape index (κ3) is 2.71. The smallest absolute Gasteiger partial charge is 0.188 e. The molecule has 2 aromatic rings. The standard InChI is InChI=1S/C21H23ClN2O2S/c1-21(2)16-7-6-11-23-20(16)19(17-8-4-5-12-24(17)3)15-10-9-14(22)13-18(15)27(21,25)26/h6-7,9-11,13H,4-5,8,12H2,1-3H3/b19-17-. The Morgan fingerprint density at radius 3 is 2.70 bits per heavy atom. The molecule has 0 spiro atoms. The van der Waals surface area contributed by atoms with Gasteiger partial charge in [0, 0.05) is 41.6 Å². The Kier molecular flexibility index (Phi) is 4.35. The van der Waals surface area contributed by atoms with E-state index in [1.807, 2.05) is 18.2 Å². The van der Waals surface area contributed by atoms with E-state index in [4.69, 9.17) is 11.6 Å². The maximum Gasteiger partial charge on any atom is 0.188 e. The first-order chi connectivity index (χ1) is 12.7. The van der Waals surface area contributed by atoms with E-state index in [2.05, 4.69) is 16.9 Å². The van der Waals surface area contributed by atoms with E-state index in [0.29, 0.717) is 15.5 Å². The Balaban J connectivity index is 2.20. The lowest BCUT2D eigenvalue weighted by atomic mass is 9.89. The van der Waals surface area contributed by atoms with Crippen LogP contribution in [0, 0.1) is 0 Å². The van der Waals surface area contributed by atoms with E-state index in [-0.39, 0.29) is 0 Å². The fourth-order valence-corrected chi connectivity index (χ4v) is 6.12. The molecule has 142 valence electrons.